The second kappa shape index (κ2) is 3.71. The lowest BCUT2D eigenvalue weighted by Gasteiger charge is -2.04. The Kier molecular flexibility index (Phi) is 2.51. The normalized spacial score (nSPS) is 11.2. The lowest BCUT2D eigenvalue weighted by atomic mass is 10.0. The molecule has 2 aromatic rings. The highest BCUT2D eigenvalue weighted by Gasteiger charge is 2.18. The lowest BCUT2D eigenvalue weighted by Crippen LogP contribution is -1.94. The molecule has 0 aliphatic heterocycles. The average molecular weight is 237 g/mol. The Hall–Kier alpha value is -1.69. The number of non-ortho nitro benzene ring substituents is 1. The Morgan fingerprint density at radius 2 is 2.19 bits per heavy atom. The van der Waals surface area contributed by atoms with Gasteiger partial charge in [0.15, 0.2) is 10.6 Å². The van der Waals surface area contributed by atoms with E-state index in [1.54, 1.807) is 6.07 Å². The number of nitro groups is 1. The van der Waals surface area contributed by atoms with Crippen molar-refractivity contribution < 1.29 is 4.92 Å². The first-order chi connectivity index (χ1) is 7.49. The molecule has 0 aliphatic carbocycles. The van der Waals surface area contributed by atoms with E-state index < -0.39 is 4.92 Å². The summed E-state index contributed by atoms with van der Waals surface area (Å²) in [6.45, 7) is 3.99. The summed E-state index contributed by atoms with van der Waals surface area (Å²) in [5, 5.41) is 11.3. The number of nitrogen functional groups attached to an aromatic ring is 1. The molecule has 0 saturated carbocycles. The number of hydrogen-bond acceptors (Lipinski definition) is 5. The molecule has 2 N–H and O–H groups in total. The zero-order chi connectivity index (χ0) is 11.9. The van der Waals surface area contributed by atoms with Gasteiger partial charge in [-0.15, -0.1) is 0 Å². The summed E-state index contributed by atoms with van der Waals surface area (Å²) < 4.78 is 0.774. The molecule has 0 bridgehead atoms. The van der Waals surface area contributed by atoms with Gasteiger partial charge in [0.25, 0.3) is 5.69 Å². The predicted octanol–water partition coefficient (Wildman–Crippen LogP) is 2.91. The molecule has 0 saturated heterocycles. The van der Waals surface area contributed by atoms with E-state index >= 15 is 0 Å². The molecule has 0 atom stereocenters. The molecule has 0 amide bonds. The van der Waals surface area contributed by atoms with Crippen LogP contribution in [0.5, 0.6) is 0 Å². The number of nitrogens with two attached hydrogens (primary N) is 1. The van der Waals surface area contributed by atoms with Crippen molar-refractivity contribution >= 4 is 32.4 Å². The fraction of sp³-hybridized carbons (Fsp3) is 0.300. The van der Waals surface area contributed by atoms with Crippen molar-refractivity contribution in [3.05, 3.63) is 27.8 Å². The molecule has 6 heteroatoms. The van der Waals surface area contributed by atoms with Gasteiger partial charge in [-0.2, -0.15) is 0 Å². The van der Waals surface area contributed by atoms with Gasteiger partial charge in [0.2, 0.25) is 0 Å². The van der Waals surface area contributed by atoms with Gasteiger partial charge in [0, 0.05) is 6.07 Å². The van der Waals surface area contributed by atoms with Crippen LogP contribution in [0.2, 0.25) is 0 Å². The number of nitro benzene ring substituents is 1. The minimum absolute atomic E-state index is 0.0363. The van der Waals surface area contributed by atoms with Crippen LogP contribution in [0.3, 0.4) is 0 Å². The number of anilines is 1. The van der Waals surface area contributed by atoms with Crippen LogP contribution in [-0.2, 0) is 0 Å². The van der Waals surface area contributed by atoms with E-state index in [0.717, 1.165) is 10.3 Å². The zero-order valence-electron chi connectivity index (χ0n) is 8.93. The summed E-state index contributed by atoms with van der Waals surface area (Å²) in [5.41, 5.74) is 6.93. The smallest absolute Gasteiger partial charge is 0.296 e. The molecule has 0 unspecified atom stereocenters. The third kappa shape index (κ3) is 1.71. The molecule has 0 aliphatic rings. The molecule has 1 aromatic carbocycles. The summed E-state index contributed by atoms with van der Waals surface area (Å²) >= 11 is 1.28. The van der Waals surface area contributed by atoms with Crippen molar-refractivity contribution in [3.63, 3.8) is 0 Å². The van der Waals surface area contributed by atoms with Crippen molar-refractivity contribution in [2.24, 2.45) is 0 Å². The minimum Gasteiger partial charge on any atom is -0.375 e. The van der Waals surface area contributed by atoms with Crippen molar-refractivity contribution in [2.45, 2.75) is 19.8 Å². The highest BCUT2D eigenvalue weighted by molar-refractivity contribution is 7.22. The van der Waals surface area contributed by atoms with E-state index in [9.17, 15) is 10.1 Å². The molecule has 0 radical (unpaired) electrons. The van der Waals surface area contributed by atoms with Crippen LogP contribution in [0.4, 0.5) is 10.8 Å². The largest absolute Gasteiger partial charge is 0.375 e. The van der Waals surface area contributed by atoms with Gasteiger partial charge in [-0.05, 0) is 17.5 Å². The maximum Gasteiger partial charge on any atom is 0.296 e. The minimum atomic E-state index is -0.409. The highest BCUT2D eigenvalue weighted by atomic mass is 32.1. The molecule has 84 valence electrons. The van der Waals surface area contributed by atoms with Crippen LogP contribution in [0.15, 0.2) is 12.1 Å². The van der Waals surface area contributed by atoms with Gasteiger partial charge >= 0.3 is 0 Å². The molecule has 1 aromatic heterocycles. The van der Waals surface area contributed by atoms with Crippen LogP contribution < -0.4 is 5.73 Å². The second-order valence-electron chi connectivity index (χ2n) is 3.85. The predicted molar refractivity (Wildman–Crippen MR) is 64.8 cm³/mol. The van der Waals surface area contributed by atoms with Crippen molar-refractivity contribution in [3.8, 4) is 0 Å². The van der Waals surface area contributed by atoms with Gasteiger partial charge in [-0.1, -0.05) is 25.2 Å². The topological polar surface area (TPSA) is 82.0 Å². The lowest BCUT2D eigenvalue weighted by molar-refractivity contribution is -0.383. The average Bonchev–Trinajstić information content (AvgIpc) is 2.55. The Morgan fingerprint density at radius 3 is 2.75 bits per heavy atom. The van der Waals surface area contributed by atoms with Gasteiger partial charge in [-0.25, -0.2) is 4.98 Å². The Bertz CT molecular complexity index is 562. The zero-order valence-corrected chi connectivity index (χ0v) is 9.75. The standard InChI is InChI=1S/C10H11N3O2S/c1-5(2)6-3-7(13(14)15)9-8(4-6)16-10(11)12-9/h3-5H,1-2H3,(H2,11,12). The first kappa shape index (κ1) is 10.8. The number of hydrogen-bond donors (Lipinski definition) is 1. The second-order valence-corrected chi connectivity index (χ2v) is 4.91. The number of rotatable bonds is 2. The van der Waals surface area contributed by atoms with Crippen molar-refractivity contribution in [1.29, 1.82) is 0 Å². The number of benzene rings is 1. The summed E-state index contributed by atoms with van der Waals surface area (Å²) in [5.74, 6) is 0.242. The fourth-order valence-electron chi connectivity index (χ4n) is 1.52. The van der Waals surface area contributed by atoms with Gasteiger partial charge in [0.1, 0.15) is 0 Å². The van der Waals surface area contributed by atoms with Crippen LogP contribution in [0.25, 0.3) is 10.2 Å². The number of nitrogens with zero attached hydrogens (tertiary/aromatic N) is 2. The Labute approximate surface area is 96.1 Å². The van der Waals surface area contributed by atoms with E-state index in [1.165, 1.54) is 11.3 Å². The maximum absolute atomic E-state index is 10.9. The quantitative estimate of drug-likeness (QED) is 0.643. The summed E-state index contributed by atoms with van der Waals surface area (Å²) in [6.07, 6.45) is 0. The molecule has 5 nitrogen and oxygen atoms in total. The molecular weight excluding hydrogens is 226 g/mol. The first-order valence-corrected chi connectivity index (χ1v) is 5.65. The van der Waals surface area contributed by atoms with Crippen LogP contribution in [-0.4, -0.2) is 9.91 Å². The van der Waals surface area contributed by atoms with Crippen LogP contribution in [0.1, 0.15) is 25.3 Å². The van der Waals surface area contributed by atoms with E-state index in [0.29, 0.717) is 10.6 Å². The monoisotopic (exact) mass is 237 g/mol. The van der Waals surface area contributed by atoms with Gasteiger partial charge in [-0.3, -0.25) is 10.1 Å². The third-order valence-electron chi connectivity index (χ3n) is 2.38. The number of aromatic nitrogens is 1. The number of thiazole rings is 1. The maximum atomic E-state index is 10.9. The van der Waals surface area contributed by atoms with Gasteiger partial charge < -0.3 is 5.73 Å². The molecule has 16 heavy (non-hydrogen) atoms. The van der Waals surface area contributed by atoms with E-state index in [4.69, 9.17) is 5.73 Å². The molecule has 1 heterocycles. The SMILES string of the molecule is CC(C)c1cc([N+](=O)[O-])c2nc(N)sc2c1. The van der Waals surface area contributed by atoms with E-state index in [2.05, 4.69) is 4.98 Å². The molecule has 0 fully saturated rings. The summed E-state index contributed by atoms with van der Waals surface area (Å²) in [4.78, 5) is 14.5. The fourth-order valence-corrected chi connectivity index (χ4v) is 2.33. The Morgan fingerprint density at radius 1 is 1.50 bits per heavy atom. The number of fused-ring (bicyclic) bond motifs is 1. The van der Waals surface area contributed by atoms with Gasteiger partial charge in [0.05, 0.1) is 9.62 Å². The molecular formula is C10H11N3O2S. The van der Waals surface area contributed by atoms with E-state index in [1.807, 2.05) is 19.9 Å². The van der Waals surface area contributed by atoms with Crippen LogP contribution in [0, 0.1) is 10.1 Å². The third-order valence-corrected chi connectivity index (χ3v) is 3.21. The van der Waals surface area contributed by atoms with Crippen molar-refractivity contribution in [2.75, 3.05) is 5.73 Å². The summed E-state index contributed by atoms with van der Waals surface area (Å²) in [7, 11) is 0. The van der Waals surface area contributed by atoms with E-state index in [-0.39, 0.29) is 11.6 Å². The first-order valence-electron chi connectivity index (χ1n) is 4.83. The molecule has 2 rings (SSSR count). The summed E-state index contributed by atoms with van der Waals surface area (Å²) in [6, 6.07) is 3.49. The highest BCUT2D eigenvalue weighted by Crippen LogP contribution is 2.34. The molecule has 0 spiro atoms. The van der Waals surface area contributed by atoms with Crippen LogP contribution >= 0.6 is 11.3 Å². The Balaban J connectivity index is 2.78. The van der Waals surface area contributed by atoms with Crippen molar-refractivity contribution in [1.82, 2.24) is 4.98 Å².